The lowest BCUT2D eigenvalue weighted by Gasteiger charge is -2.35. The van der Waals surface area contributed by atoms with Gasteiger partial charge in [-0.1, -0.05) is 12.1 Å². The van der Waals surface area contributed by atoms with Gasteiger partial charge in [-0.25, -0.2) is 10.0 Å². The molecule has 134 valence electrons. The quantitative estimate of drug-likeness (QED) is 0.807. The Kier molecular flexibility index (Phi) is 3.36. The molecule has 10 heteroatoms. The first-order valence-electron chi connectivity index (χ1n) is 7.37. The van der Waals surface area contributed by atoms with Crippen molar-refractivity contribution in [1.29, 1.82) is 0 Å². The average Bonchev–Trinajstić information content (AvgIpc) is 2.86. The largest absolute Gasteiger partial charge is 0.857 e. The third-order valence-corrected chi connectivity index (χ3v) is 4.00. The van der Waals surface area contributed by atoms with Crippen LogP contribution in [0.3, 0.4) is 0 Å². The van der Waals surface area contributed by atoms with Crippen LogP contribution in [0, 0.1) is 0 Å². The number of carbonyl (C=O) groups excluding carboxylic acids is 1. The van der Waals surface area contributed by atoms with Gasteiger partial charge in [-0.2, -0.15) is 13.2 Å². The van der Waals surface area contributed by atoms with Crippen LogP contribution in [0.4, 0.5) is 30.2 Å². The van der Waals surface area contributed by atoms with Crippen molar-refractivity contribution in [2.45, 2.75) is 6.18 Å². The first-order valence-corrected chi connectivity index (χ1v) is 7.37. The summed E-state index contributed by atoms with van der Waals surface area (Å²) in [5.74, 6) is -1.61. The van der Waals surface area contributed by atoms with E-state index in [0.29, 0.717) is 21.7 Å². The zero-order valence-corrected chi connectivity index (χ0v) is 12.9. The number of alkyl halides is 3. The number of hydrazine groups is 2. The monoisotopic (exact) mass is 363 g/mol. The lowest BCUT2D eigenvalue weighted by Crippen LogP contribution is -2.47. The Morgan fingerprint density at radius 3 is 2.31 bits per heavy atom. The number of benzene rings is 2. The molecule has 7 nitrogen and oxygen atoms in total. The lowest BCUT2D eigenvalue weighted by molar-refractivity contribution is -0.313. The van der Waals surface area contributed by atoms with Gasteiger partial charge in [0, 0.05) is 11.2 Å². The van der Waals surface area contributed by atoms with Gasteiger partial charge in [0.25, 0.3) is 5.91 Å². The van der Waals surface area contributed by atoms with Crippen LogP contribution >= 0.6 is 0 Å². The van der Waals surface area contributed by atoms with Gasteiger partial charge in [-0.15, -0.1) is 0 Å². The van der Waals surface area contributed by atoms with Crippen molar-refractivity contribution in [3.05, 3.63) is 65.7 Å². The van der Waals surface area contributed by atoms with Crippen LogP contribution in [0.25, 0.3) is 0 Å². The molecule has 0 aliphatic carbocycles. The number of anilines is 3. The zero-order valence-electron chi connectivity index (χ0n) is 12.9. The van der Waals surface area contributed by atoms with Crippen molar-refractivity contribution in [2.24, 2.45) is 0 Å². The van der Waals surface area contributed by atoms with Crippen LogP contribution in [0.15, 0.2) is 60.1 Å². The topological polar surface area (TPSA) is 82.1 Å². The molecule has 0 fully saturated rings. The number of fused-ring (bicyclic) bond motifs is 3. The molecule has 0 saturated carbocycles. The molecule has 1 amide bonds. The van der Waals surface area contributed by atoms with E-state index >= 15 is 0 Å². The van der Waals surface area contributed by atoms with Gasteiger partial charge in [0.05, 0.1) is 22.6 Å². The number of amides is 1. The molecule has 2 aromatic rings. The van der Waals surface area contributed by atoms with E-state index in [0.717, 1.165) is 29.3 Å². The Balaban J connectivity index is 1.78. The van der Waals surface area contributed by atoms with Crippen molar-refractivity contribution in [1.82, 2.24) is 5.28 Å². The third-order valence-electron chi connectivity index (χ3n) is 4.00. The molecule has 0 bridgehead atoms. The summed E-state index contributed by atoms with van der Waals surface area (Å²) in [5.41, 5.74) is -0.579. The van der Waals surface area contributed by atoms with Crippen LogP contribution in [-0.2, 0) is 11.0 Å². The Labute approximate surface area is 144 Å². The molecular weight excluding hydrogens is 353 g/mol. The second-order valence-corrected chi connectivity index (χ2v) is 5.56. The number of hydrogen-bond acceptors (Lipinski definition) is 6. The molecule has 2 aromatic carbocycles. The molecular formula is C16H10F3N4O3-. The highest BCUT2D eigenvalue weighted by Crippen LogP contribution is 2.41. The number of para-hydroxylation sites is 2. The standard InChI is InChI=1S/C16H11F3N4O3/c17-16(18,19)9-5-7-10(8-6-9)21-15(25)13-14(24)20-11-3-1-2-4-12(11)22(13)23(21)26/h1-8,25-26H,(H,20,24)/p-1. The second kappa shape index (κ2) is 5.38. The van der Waals surface area contributed by atoms with E-state index in [1.54, 1.807) is 24.3 Å². The summed E-state index contributed by atoms with van der Waals surface area (Å²) in [7, 11) is 0. The van der Waals surface area contributed by atoms with E-state index in [-0.39, 0.29) is 11.4 Å². The van der Waals surface area contributed by atoms with Crippen LogP contribution in [-0.4, -0.2) is 16.4 Å². The molecule has 0 radical (unpaired) electrons. The van der Waals surface area contributed by atoms with E-state index in [9.17, 15) is 28.3 Å². The zero-order chi connectivity index (χ0) is 18.6. The summed E-state index contributed by atoms with van der Waals surface area (Å²) in [6.07, 6.45) is -4.53. The minimum Gasteiger partial charge on any atom is -0.857 e. The van der Waals surface area contributed by atoms with Gasteiger partial charge in [0.1, 0.15) is 5.70 Å². The van der Waals surface area contributed by atoms with E-state index in [4.69, 9.17) is 0 Å². The van der Waals surface area contributed by atoms with Gasteiger partial charge >= 0.3 is 6.18 Å². The molecule has 0 unspecified atom stereocenters. The Bertz CT molecular complexity index is 927. The number of halogens is 3. The third kappa shape index (κ3) is 2.27. The van der Waals surface area contributed by atoms with Gasteiger partial charge in [-0.05, 0) is 36.4 Å². The van der Waals surface area contributed by atoms with Crippen molar-refractivity contribution < 1.29 is 28.3 Å². The smallest absolute Gasteiger partial charge is 0.416 e. The molecule has 0 saturated heterocycles. The van der Waals surface area contributed by atoms with Crippen LogP contribution in [0.2, 0.25) is 0 Å². The molecule has 0 aromatic heterocycles. The minimum atomic E-state index is -4.53. The fraction of sp³-hybridized carbons (Fsp3) is 0.0625. The maximum absolute atomic E-state index is 12.7. The summed E-state index contributed by atoms with van der Waals surface area (Å²) in [6, 6.07) is 10.1. The summed E-state index contributed by atoms with van der Waals surface area (Å²) in [5, 5.41) is 27.7. The Morgan fingerprint density at radius 1 is 1.00 bits per heavy atom. The molecule has 0 atom stereocenters. The number of nitrogens with zero attached hydrogens (tertiary/aromatic N) is 3. The number of hydrogen-bond donors (Lipinski definition) is 2. The SMILES string of the molecule is O=C1Nc2ccccc2N2C1=C([O-])N(c1ccc(C(F)(F)F)cc1)N2O. The maximum Gasteiger partial charge on any atom is 0.416 e. The van der Waals surface area contributed by atoms with Gasteiger partial charge < -0.3 is 10.4 Å². The van der Waals surface area contributed by atoms with Gasteiger partial charge in [-0.3, -0.25) is 10.0 Å². The van der Waals surface area contributed by atoms with Crippen molar-refractivity contribution in [2.75, 3.05) is 15.3 Å². The minimum absolute atomic E-state index is 0.0299. The molecule has 2 N–H and O–H groups in total. The highest BCUT2D eigenvalue weighted by atomic mass is 19.4. The van der Waals surface area contributed by atoms with Crippen LogP contribution in [0.1, 0.15) is 5.56 Å². The second-order valence-electron chi connectivity index (χ2n) is 5.56. The number of rotatable bonds is 1. The van der Waals surface area contributed by atoms with Crippen molar-refractivity contribution in [3.8, 4) is 0 Å². The predicted octanol–water partition coefficient (Wildman–Crippen LogP) is 2.03. The molecule has 4 rings (SSSR count). The Morgan fingerprint density at radius 2 is 1.65 bits per heavy atom. The van der Waals surface area contributed by atoms with Crippen molar-refractivity contribution in [3.63, 3.8) is 0 Å². The van der Waals surface area contributed by atoms with Gasteiger partial charge in [0.2, 0.25) is 0 Å². The number of nitrogens with one attached hydrogen (secondary N) is 1. The molecule has 2 heterocycles. The molecule has 2 aliphatic heterocycles. The summed E-state index contributed by atoms with van der Waals surface area (Å²) in [4.78, 5) is 12.2. The predicted molar refractivity (Wildman–Crippen MR) is 82.1 cm³/mol. The van der Waals surface area contributed by atoms with Crippen molar-refractivity contribution >= 4 is 23.0 Å². The molecule has 0 spiro atoms. The first kappa shape index (κ1) is 16.2. The first-order chi connectivity index (χ1) is 12.3. The number of carbonyl (C=O) groups is 1. The summed E-state index contributed by atoms with van der Waals surface area (Å²) >= 11 is 0. The highest BCUT2D eigenvalue weighted by molar-refractivity contribution is 6.12. The average molecular weight is 363 g/mol. The van der Waals surface area contributed by atoms with E-state index in [1.165, 1.54) is 0 Å². The van der Waals surface area contributed by atoms with Gasteiger partial charge in [0.15, 0.2) is 0 Å². The summed E-state index contributed by atoms with van der Waals surface area (Å²) in [6.45, 7) is 0. The van der Waals surface area contributed by atoms with Crippen LogP contribution < -0.4 is 20.4 Å². The van der Waals surface area contributed by atoms with E-state index in [1.807, 2.05) is 0 Å². The summed E-state index contributed by atoms with van der Waals surface area (Å²) < 4.78 is 38.1. The van der Waals surface area contributed by atoms with E-state index in [2.05, 4.69) is 5.32 Å². The van der Waals surface area contributed by atoms with Crippen LogP contribution in [0.5, 0.6) is 0 Å². The Hall–Kier alpha value is -3.24. The maximum atomic E-state index is 12.7. The fourth-order valence-electron chi connectivity index (χ4n) is 2.82. The fourth-order valence-corrected chi connectivity index (χ4v) is 2.82. The lowest BCUT2D eigenvalue weighted by atomic mass is 10.2. The highest BCUT2D eigenvalue weighted by Gasteiger charge is 2.41. The van der Waals surface area contributed by atoms with E-state index < -0.39 is 23.5 Å². The normalized spacial score (nSPS) is 17.3. The molecule has 26 heavy (non-hydrogen) atoms. The molecule has 2 aliphatic rings.